The number of carbonyl (C=O) groups is 2. The molecule has 2 aromatic carbocycles. The molecular formula is C24H29ClN4O2. The fourth-order valence-electron chi connectivity index (χ4n) is 4.37. The van der Waals surface area contributed by atoms with Crippen molar-refractivity contribution in [1.29, 1.82) is 0 Å². The lowest BCUT2D eigenvalue weighted by molar-refractivity contribution is -0.132. The second kappa shape index (κ2) is 9.18. The highest BCUT2D eigenvalue weighted by molar-refractivity contribution is 6.30. The molecule has 164 valence electrons. The predicted octanol–water partition coefficient (Wildman–Crippen LogP) is 3.62. The zero-order valence-electron chi connectivity index (χ0n) is 18.1. The van der Waals surface area contributed by atoms with Gasteiger partial charge in [0, 0.05) is 56.0 Å². The van der Waals surface area contributed by atoms with E-state index in [-0.39, 0.29) is 24.5 Å². The molecule has 0 saturated carbocycles. The summed E-state index contributed by atoms with van der Waals surface area (Å²) in [5, 5.41) is 0.681. The zero-order valence-corrected chi connectivity index (χ0v) is 18.9. The zero-order chi connectivity index (χ0) is 22.0. The number of rotatable bonds is 5. The van der Waals surface area contributed by atoms with Gasteiger partial charge >= 0.3 is 6.03 Å². The molecule has 0 radical (unpaired) electrons. The van der Waals surface area contributed by atoms with Gasteiger partial charge in [-0.1, -0.05) is 35.9 Å². The summed E-state index contributed by atoms with van der Waals surface area (Å²) in [7, 11) is 0. The SMILES string of the molecule is Cc1cccc(N2CCN(C(=O)CN3CCN(Cc4ccc(Cl)cc4)C3=O)CC2C)c1. The van der Waals surface area contributed by atoms with Gasteiger partial charge in [0.25, 0.3) is 0 Å². The molecule has 6 nitrogen and oxygen atoms in total. The summed E-state index contributed by atoms with van der Waals surface area (Å²) >= 11 is 5.94. The quantitative estimate of drug-likeness (QED) is 0.713. The van der Waals surface area contributed by atoms with Crippen molar-refractivity contribution in [1.82, 2.24) is 14.7 Å². The summed E-state index contributed by atoms with van der Waals surface area (Å²) in [5.74, 6) is 0.0254. The van der Waals surface area contributed by atoms with Gasteiger partial charge in [-0.25, -0.2) is 4.79 Å². The minimum absolute atomic E-state index is 0.0254. The first-order valence-corrected chi connectivity index (χ1v) is 11.2. The van der Waals surface area contributed by atoms with E-state index in [9.17, 15) is 9.59 Å². The van der Waals surface area contributed by atoms with E-state index in [4.69, 9.17) is 11.6 Å². The molecule has 0 bridgehead atoms. The number of carbonyl (C=O) groups excluding carboxylic acids is 2. The first-order valence-electron chi connectivity index (χ1n) is 10.8. The Kier molecular flexibility index (Phi) is 6.37. The highest BCUT2D eigenvalue weighted by Gasteiger charge is 2.33. The maximum Gasteiger partial charge on any atom is 0.320 e. The molecule has 31 heavy (non-hydrogen) atoms. The van der Waals surface area contributed by atoms with Crippen LogP contribution in [0.4, 0.5) is 10.5 Å². The normalized spacial score (nSPS) is 19.3. The highest BCUT2D eigenvalue weighted by atomic mass is 35.5. The van der Waals surface area contributed by atoms with Gasteiger partial charge in [-0.3, -0.25) is 4.79 Å². The van der Waals surface area contributed by atoms with Gasteiger partial charge in [0.05, 0.1) is 0 Å². The van der Waals surface area contributed by atoms with Crippen LogP contribution in [0.1, 0.15) is 18.1 Å². The Morgan fingerprint density at radius 3 is 2.48 bits per heavy atom. The number of anilines is 1. The molecule has 2 saturated heterocycles. The predicted molar refractivity (Wildman–Crippen MR) is 123 cm³/mol. The monoisotopic (exact) mass is 440 g/mol. The molecule has 2 fully saturated rings. The fourth-order valence-corrected chi connectivity index (χ4v) is 4.50. The summed E-state index contributed by atoms with van der Waals surface area (Å²) in [6, 6.07) is 16.2. The number of nitrogens with zero attached hydrogens (tertiary/aromatic N) is 4. The van der Waals surface area contributed by atoms with E-state index in [1.165, 1.54) is 11.3 Å². The van der Waals surface area contributed by atoms with Crippen LogP contribution in [-0.4, -0.2) is 71.9 Å². The van der Waals surface area contributed by atoms with Crippen molar-refractivity contribution in [3.05, 3.63) is 64.7 Å². The van der Waals surface area contributed by atoms with Gasteiger partial charge in [-0.05, 0) is 49.2 Å². The van der Waals surface area contributed by atoms with Crippen molar-refractivity contribution in [3.8, 4) is 0 Å². The van der Waals surface area contributed by atoms with Gasteiger partial charge in [-0.15, -0.1) is 0 Å². The summed E-state index contributed by atoms with van der Waals surface area (Å²) in [6.07, 6.45) is 0. The highest BCUT2D eigenvalue weighted by Crippen LogP contribution is 2.22. The molecule has 3 amide bonds. The first kappa shape index (κ1) is 21.5. The van der Waals surface area contributed by atoms with E-state index in [1.54, 1.807) is 9.80 Å². The van der Waals surface area contributed by atoms with E-state index in [1.807, 2.05) is 29.2 Å². The number of hydrogen-bond donors (Lipinski definition) is 0. The molecule has 7 heteroatoms. The van der Waals surface area contributed by atoms with Crippen LogP contribution in [0.5, 0.6) is 0 Å². The maximum atomic E-state index is 12.9. The van der Waals surface area contributed by atoms with Crippen molar-refractivity contribution in [2.24, 2.45) is 0 Å². The van der Waals surface area contributed by atoms with Crippen LogP contribution in [0.25, 0.3) is 0 Å². The van der Waals surface area contributed by atoms with Crippen LogP contribution < -0.4 is 4.90 Å². The lowest BCUT2D eigenvalue weighted by Gasteiger charge is -2.41. The summed E-state index contributed by atoms with van der Waals surface area (Å²) in [5.41, 5.74) is 3.47. The van der Waals surface area contributed by atoms with Crippen molar-refractivity contribution in [3.63, 3.8) is 0 Å². The number of aryl methyl sites for hydroxylation is 1. The Labute approximate surface area is 189 Å². The minimum atomic E-state index is -0.0743. The maximum absolute atomic E-state index is 12.9. The van der Waals surface area contributed by atoms with Gasteiger partial charge in [0.2, 0.25) is 5.91 Å². The van der Waals surface area contributed by atoms with Gasteiger partial charge in [0.15, 0.2) is 0 Å². The number of benzene rings is 2. The van der Waals surface area contributed by atoms with Gasteiger partial charge in [-0.2, -0.15) is 0 Å². The van der Waals surface area contributed by atoms with Crippen LogP contribution in [-0.2, 0) is 11.3 Å². The molecule has 4 rings (SSSR count). The van der Waals surface area contributed by atoms with Crippen molar-refractivity contribution in [2.45, 2.75) is 26.4 Å². The third-order valence-electron chi connectivity index (χ3n) is 6.11. The Bertz CT molecular complexity index is 949. The van der Waals surface area contributed by atoms with Gasteiger partial charge in [0.1, 0.15) is 6.54 Å². The molecule has 2 aromatic rings. The Morgan fingerprint density at radius 1 is 1.03 bits per heavy atom. The molecule has 2 aliphatic heterocycles. The van der Waals surface area contributed by atoms with Crippen LogP contribution >= 0.6 is 11.6 Å². The minimum Gasteiger partial charge on any atom is -0.365 e. The first-order chi connectivity index (χ1) is 14.9. The Balaban J connectivity index is 1.30. The summed E-state index contributed by atoms with van der Waals surface area (Å²) in [4.78, 5) is 33.4. The standard InChI is InChI=1S/C24H29ClN4O2/c1-18-4-3-5-22(14-18)29-13-12-26(15-19(29)2)23(30)17-28-11-10-27(24(28)31)16-20-6-8-21(25)9-7-20/h3-9,14,19H,10-13,15-17H2,1-2H3. The van der Waals surface area contributed by atoms with E-state index in [0.29, 0.717) is 37.7 Å². The third kappa shape index (κ3) is 4.96. The largest absolute Gasteiger partial charge is 0.365 e. The lowest BCUT2D eigenvalue weighted by Crippen LogP contribution is -2.55. The smallest absolute Gasteiger partial charge is 0.320 e. The average molecular weight is 441 g/mol. The topological polar surface area (TPSA) is 47.1 Å². The molecule has 0 N–H and O–H groups in total. The molecular weight excluding hydrogens is 412 g/mol. The van der Waals surface area contributed by atoms with Gasteiger partial charge < -0.3 is 19.6 Å². The fraction of sp³-hybridized carbons (Fsp3) is 0.417. The number of piperazine rings is 1. The van der Waals surface area contributed by atoms with Crippen LogP contribution in [0.3, 0.4) is 0 Å². The molecule has 0 aromatic heterocycles. The summed E-state index contributed by atoms with van der Waals surface area (Å²) in [6.45, 7) is 8.28. The second-order valence-electron chi connectivity index (χ2n) is 8.47. The van der Waals surface area contributed by atoms with Crippen molar-refractivity contribution in [2.75, 3.05) is 44.2 Å². The van der Waals surface area contributed by atoms with Crippen LogP contribution in [0, 0.1) is 6.92 Å². The van der Waals surface area contributed by atoms with E-state index in [2.05, 4.69) is 43.0 Å². The second-order valence-corrected chi connectivity index (χ2v) is 8.91. The number of halogens is 1. The van der Waals surface area contributed by atoms with E-state index in [0.717, 1.165) is 12.1 Å². The molecule has 2 heterocycles. The van der Waals surface area contributed by atoms with Crippen LogP contribution in [0.15, 0.2) is 48.5 Å². The molecule has 0 aliphatic carbocycles. The third-order valence-corrected chi connectivity index (χ3v) is 6.36. The molecule has 0 spiro atoms. The van der Waals surface area contributed by atoms with Crippen molar-refractivity contribution < 1.29 is 9.59 Å². The average Bonchev–Trinajstić information content (AvgIpc) is 3.09. The Hall–Kier alpha value is -2.73. The number of hydrogen-bond acceptors (Lipinski definition) is 3. The van der Waals surface area contributed by atoms with E-state index < -0.39 is 0 Å². The molecule has 2 aliphatic rings. The van der Waals surface area contributed by atoms with Crippen LogP contribution in [0.2, 0.25) is 5.02 Å². The number of amides is 3. The summed E-state index contributed by atoms with van der Waals surface area (Å²) < 4.78 is 0. The molecule has 1 unspecified atom stereocenters. The lowest BCUT2D eigenvalue weighted by atomic mass is 10.1. The van der Waals surface area contributed by atoms with Crippen molar-refractivity contribution >= 4 is 29.2 Å². The molecule has 1 atom stereocenters. The Morgan fingerprint density at radius 2 is 1.77 bits per heavy atom. The van der Waals surface area contributed by atoms with E-state index >= 15 is 0 Å². The number of urea groups is 1.